The largest absolute Gasteiger partial charge is 0.478 e. The Morgan fingerprint density at radius 2 is 1.42 bits per heavy atom. The smallest absolute Gasteiger partial charge is 0.333 e. The molecule has 0 spiro atoms. The van der Waals surface area contributed by atoms with Crippen LogP contribution in [0.1, 0.15) is 42.8 Å². The van der Waals surface area contributed by atoms with Crippen molar-refractivity contribution in [3.05, 3.63) is 52.1 Å². The highest BCUT2D eigenvalue weighted by atomic mass is 16.4. The third-order valence-electron chi connectivity index (χ3n) is 3.82. The molecule has 0 aliphatic carbocycles. The van der Waals surface area contributed by atoms with Crippen LogP contribution in [-0.2, 0) is 22.4 Å². The zero-order valence-electron chi connectivity index (χ0n) is 14.5. The molecule has 6 heteroatoms. The third-order valence-corrected chi connectivity index (χ3v) is 3.82. The lowest BCUT2D eigenvalue weighted by Gasteiger charge is -2.08. The van der Waals surface area contributed by atoms with Crippen molar-refractivity contribution in [3.63, 3.8) is 0 Å². The van der Waals surface area contributed by atoms with Crippen molar-refractivity contribution in [1.82, 2.24) is 10.3 Å². The van der Waals surface area contributed by atoms with Gasteiger partial charge in [0.05, 0.1) is 11.1 Å². The second kappa shape index (κ2) is 8.86. The lowest BCUT2D eigenvalue weighted by Crippen LogP contribution is -2.16. The number of nitrogens with zero attached hydrogens (tertiary/aromatic N) is 1. The minimum absolute atomic E-state index is 0.0440. The molecule has 2 rings (SSSR count). The summed E-state index contributed by atoms with van der Waals surface area (Å²) in [6.45, 7) is 8.54. The van der Waals surface area contributed by atoms with Crippen LogP contribution in [0.4, 0.5) is 0 Å². The summed E-state index contributed by atoms with van der Waals surface area (Å²) in [5, 5.41) is 19.5. The van der Waals surface area contributed by atoms with Crippen LogP contribution in [0.15, 0.2) is 29.6 Å². The van der Waals surface area contributed by atoms with E-state index in [1.54, 1.807) is 0 Å². The fraction of sp³-hybridized carbons (Fsp3) is 0.389. The number of carboxylic acids is 2. The number of dihydropyridines is 1. The van der Waals surface area contributed by atoms with Gasteiger partial charge in [-0.2, -0.15) is 0 Å². The van der Waals surface area contributed by atoms with Gasteiger partial charge in [0.2, 0.25) is 0 Å². The Labute approximate surface area is 141 Å². The van der Waals surface area contributed by atoms with Crippen LogP contribution in [0.5, 0.6) is 0 Å². The Morgan fingerprint density at radius 3 is 1.75 bits per heavy atom. The normalized spacial score (nSPS) is 13.0. The van der Waals surface area contributed by atoms with Crippen molar-refractivity contribution in [1.29, 1.82) is 0 Å². The summed E-state index contributed by atoms with van der Waals surface area (Å²) in [4.78, 5) is 25.3. The average molecular weight is 332 g/mol. The number of pyridine rings is 1. The van der Waals surface area contributed by atoms with Gasteiger partial charge in [-0.1, -0.05) is 19.9 Å². The molecule has 1 aliphatic rings. The highest BCUT2D eigenvalue weighted by molar-refractivity contribution is 5.93. The van der Waals surface area contributed by atoms with Crippen molar-refractivity contribution < 1.29 is 19.8 Å². The van der Waals surface area contributed by atoms with Gasteiger partial charge in [-0.05, 0) is 37.8 Å². The molecule has 0 unspecified atom stereocenters. The zero-order valence-corrected chi connectivity index (χ0v) is 14.5. The van der Waals surface area contributed by atoms with Crippen molar-refractivity contribution in [2.24, 2.45) is 0 Å². The quantitative estimate of drug-likeness (QED) is 0.784. The first-order valence-corrected chi connectivity index (χ1v) is 7.86. The first kappa shape index (κ1) is 19.4. The number of aliphatic carboxylic acids is 2. The Morgan fingerprint density at radius 1 is 1.00 bits per heavy atom. The van der Waals surface area contributed by atoms with Gasteiger partial charge in [0.15, 0.2) is 0 Å². The molecule has 0 saturated carbocycles. The molecule has 1 aliphatic heterocycles. The second-order valence-corrected chi connectivity index (χ2v) is 5.48. The summed E-state index contributed by atoms with van der Waals surface area (Å²) in [5.41, 5.74) is 5.25. The van der Waals surface area contributed by atoms with E-state index in [1.807, 2.05) is 0 Å². The minimum atomic E-state index is -1.10. The summed E-state index contributed by atoms with van der Waals surface area (Å²) in [6.07, 6.45) is 4.68. The number of nitrogens with one attached hydrogen (secondary N) is 1. The fourth-order valence-electron chi connectivity index (χ4n) is 2.35. The van der Waals surface area contributed by atoms with Crippen LogP contribution in [0.2, 0.25) is 0 Å². The molecule has 1 aromatic rings. The number of hydrogen-bond donors (Lipinski definition) is 3. The van der Waals surface area contributed by atoms with Crippen LogP contribution in [0.25, 0.3) is 0 Å². The van der Waals surface area contributed by atoms with E-state index in [0.29, 0.717) is 0 Å². The number of rotatable bonds is 4. The van der Waals surface area contributed by atoms with Crippen LogP contribution in [0.3, 0.4) is 0 Å². The Hall–Kier alpha value is -2.63. The molecule has 0 fully saturated rings. The summed E-state index contributed by atoms with van der Waals surface area (Å²) < 4.78 is 0. The van der Waals surface area contributed by atoms with Gasteiger partial charge in [0, 0.05) is 30.2 Å². The average Bonchev–Trinajstić information content (AvgIpc) is 2.55. The number of aromatic nitrogens is 1. The van der Waals surface area contributed by atoms with E-state index in [-0.39, 0.29) is 17.6 Å². The maximum Gasteiger partial charge on any atom is 0.333 e. The van der Waals surface area contributed by atoms with E-state index >= 15 is 0 Å². The van der Waals surface area contributed by atoms with E-state index in [4.69, 9.17) is 10.2 Å². The SMILES string of the molecule is CCc1cc(CC)c(C)nc1C.O=C(O)C1=CNC=C(C(=O)O)C1. The van der Waals surface area contributed by atoms with Gasteiger partial charge in [0.25, 0.3) is 0 Å². The molecule has 1 aromatic heterocycles. The van der Waals surface area contributed by atoms with Crippen LogP contribution < -0.4 is 5.32 Å². The molecule has 0 aromatic carbocycles. The molecule has 0 amide bonds. The van der Waals surface area contributed by atoms with Crippen molar-refractivity contribution in [2.75, 3.05) is 0 Å². The maximum atomic E-state index is 10.4. The summed E-state index contributed by atoms with van der Waals surface area (Å²) in [7, 11) is 0. The Balaban J connectivity index is 0.000000240. The first-order valence-electron chi connectivity index (χ1n) is 7.86. The Kier molecular flexibility index (Phi) is 7.17. The van der Waals surface area contributed by atoms with E-state index in [1.165, 1.54) is 34.9 Å². The summed E-state index contributed by atoms with van der Waals surface area (Å²) in [6, 6.07) is 2.29. The molecule has 3 N–H and O–H groups in total. The van der Waals surface area contributed by atoms with Crippen molar-refractivity contribution in [2.45, 2.75) is 47.0 Å². The number of aryl methyl sites for hydroxylation is 4. The summed E-state index contributed by atoms with van der Waals surface area (Å²) >= 11 is 0. The van der Waals surface area contributed by atoms with Gasteiger partial charge in [-0.15, -0.1) is 0 Å². The molecule has 2 heterocycles. The van der Waals surface area contributed by atoms with E-state index < -0.39 is 11.9 Å². The monoisotopic (exact) mass is 332 g/mol. The maximum absolute atomic E-state index is 10.4. The zero-order chi connectivity index (χ0) is 18.3. The molecule has 0 radical (unpaired) electrons. The van der Waals surface area contributed by atoms with Gasteiger partial charge in [0.1, 0.15) is 0 Å². The molecule has 0 saturated heterocycles. The topological polar surface area (TPSA) is 99.5 Å². The fourth-order valence-corrected chi connectivity index (χ4v) is 2.35. The lowest BCUT2D eigenvalue weighted by molar-refractivity contribution is -0.133. The molecule has 24 heavy (non-hydrogen) atoms. The lowest BCUT2D eigenvalue weighted by atomic mass is 10.0. The molecule has 130 valence electrons. The van der Waals surface area contributed by atoms with Gasteiger partial charge < -0.3 is 15.5 Å². The number of carboxylic acid groups (broad SMARTS) is 2. The van der Waals surface area contributed by atoms with Crippen molar-refractivity contribution >= 4 is 11.9 Å². The number of hydrogen-bond acceptors (Lipinski definition) is 4. The van der Waals surface area contributed by atoms with E-state index in [2.05, 4.69) is 44.1 Å². The van der Waals surface area contributed by atoms with Crippen molar-refractivity contribution in [3.8, 4) is 0 Å². The first-order chi connectivity index (χ1) is 11.3. The molecule has 0 atom stereocenters. The summed E-state index contributed by atoms with van der Waals surface area (Å²) in [5.74, 6) is -2.20. The molecule has 0 bridgehead atoms. The van der Waals surface area contributed by atoms with E-state index in [0.717, 1.165) is 12.8 Å². The Bertz CT molecular complexity index is 637. The van der Waals surface area contributed by atoms with Crippen LogP contribution >= 0.6 is 0 Å². The van der Waals surface area contributed by atoms with Crippen LogP contribution in [0, 0.1) is 13.8 Å². The second-order valence-electron chi connectivity index (χ2n) is 5.48. The molecule has 6 nitrogen and oxygen atoms in total. The standard InChI is InChI=1S/C11H17N.C7H7NO4/c1-5-10-7-11(6-2)9(4)12-8(10)3;9-6(10)4-1-5(7(11)12)3-8-2-4/h7H,5-6H2,1-4H3;2-3,8H,1H2,(H,9,10)(H,11,12). The minimum Gasteiger partial charge on any atom is -0.478 e. The number of carbonyl (C=O) groups is 2. The van der Waals surface area contributed by atoms with E-state index in [9.17, 15) is 9.59 Å². The van der Waals surface area contributed by atoms with Crippen LogP contribution in [-0.4, -0.2) is 27.1 Å². The predicted octanol–water partition coefficient (Wildman–Crippen LogP) is 2.74. The van der Waals surface area contributed by atoms with Gasteiger partial charge in [-0.3, -0.25) is 4.98 Å². The molecular formula is C18H24N2O4. The predicted molar refractivity (Wildman–Crippen MR) is 91.7 cm³/mol. The van der Waals surface area contributed by atoms with Gasteiger partial charge in [-0.25, -0.2) is 9.59 Å². The highest BCUT2D eigenvalue weighted by Crippen LogP contribution is 2.14. The third kappa shape index (κ3) is 5.22. The van der Waals surface area contributed by atoms with Gasteiger partial charge >= 0.3 is 11.9 Å². The molecular weight excluding hydrogens is 308 g/mol. The highest BCUT2D eigenvalue weighted by Gasteiger charge is 2.17.